The lowest BCUT2D eigenvalue weighted by Crippen LogP contribution is -1.94. The zero-order chi connectivity index (χ0) is 9.14. The molecular formula is C7H4F2INO. The van der Waals surface area contributed by atoms with E-state index in [1.54, 1.807) is 22.6 Å². The molecule has 0 saturated heterocycles. The largest absolute Gasteiger partial charge is 0.296 e. The Labute approximate surface area is 81.1 Å². The molecule has 1 aromatic rings. The van der Waals surface area contributed by atoms with Crippen molar-refractivity contribution in [1.29, 1.82) is 0 Å². The smallest absolute Gasteiger partial charge is 0.266 e. The predicted octanol–water partition coefficient (Wildman–Crippen LogP) is 2.44. The van der Waals surface area contributed by atoms with Crippen molar-refractivity contribution in [1.82, 2.24) is 4.98 Å². The first-order chi connectivity index (χ1) is 5.65. The topological polar surface area (TPSA) is 30.0 Å². The normalized spacial score (nSPS) is 10.3. The summed E-state index contributed by atoms with van der Waals surface area (Å²) in [5.41, 5.74) is 0.0324. The summed E-state index contributed by atoms with van der Waals surface area (Å²) in [4.78, 5) is 13.7. The molecule has 0 aliphatic heterocycles. The molecule has 0 aliphatic rings. The van der Waals surface area contributed by atoms with Crippen LogP contribution >= 0.6 is 22.6 Å². The van der Waals surface area contributed by atoms with Crippen LogP contribution in [0.15, 0.2) is 12.3 Å². The van der Waals surface area contributed by atoms with Gasteiger partial charge < -0.3 is 0 Å². The van der Waals surface area contributed by atoms with E-state index in [0.29, 0.717) is 9.86 Å². The van der Waals surface area contributed by atoms with Crippen molar-refractivity contribution in [2.45, 2.75) is 6.43 Å². The second-order valence-corrected chi connectivity index (χ2v) is 3.21. The van der Waals surface area contributed by atoms with E-state index < -0.39 is 6.43 Å². The van der Waals surface area contributed by atoms with E-state index in [-0.39, 0.29) is 11.3 Å². The molecule has 0 saturated carbocycles. The Morgan fingerprint density at radius 2 is 2.25 bits per heavy atom. The third-order valence-electron chi connectivity index (χ3n) is 1.26. The van der Waals surface area contributed by atoms with Crippen molar-refractivity contribution in [3.63, 3.8) is 0 Å². The molecule has 0 N–H and O–H groups in total. The Morgan fingerprint density at radius 1 is 1.58 bits per heavy atom. The highest BCUT2D eigenvalue weighted by atomic mass is 127. The number of aldehydes is 1. The summed E-state index contributed by atoms with van der Waals surface area (Å²) >= 11 is 1.75. The lowest BCUT2D eigenvalue weighted by atomic mass is 10.2. The highest BCUT2D eigenvalue weighted by molar-refractivity contribution is 14.1. The molecular weight excluding hydrogens is 279 g/mol. The van der Waals surface area contributed by atoms with Crippen molar-refractivity contribution in [3.05, 3.63) is 27.1 Å². The van der Waals surface area contributed by atoms with Gasteiger partial charge in [-0.2, -0.15) is 0 Å². The Hall–Kier alpha value is -0.590. The van der Waals surface area contributed by atoms with Crippen LogP contribution in [0.1, 0.15) is 22.5 Å². The van der Waals surface area contributed by atoms with Gasteiger partial charge in [0.2, 0.25) is 0 Å². The van der Waals surface area contributed by atoms with E-state index in [1.807, 2.05) is 0 Å². The van der Waals surface area contributed by atoms with Crippen LogP contribution in [-0.2, 0) is 0 Å². The van der Waals surface area contributed by atoms with Gasteiger partial charge in [0.15, 0.2) is 6.29 Å². The van der Waals surface area contributed by atoms with Crippen LogP contribution in [0, 0.1) is 3.57 Å². The molecule has 0 radical (unpaired) electrons. The molecule has 1 rings (SSSR count). The van der Waals surface area contributed by atoms with E-state index in [9.17, 15) is 13.6 Å². The average molecular weight is 283 g/mol. The minimum atomic E-state index is -2.54. The zero-order valence-electron chi connectivity index (χ0n) is 5.80. The van der Waals surface area contributed by atoms with Gasteiger partial charge in [0, 0.05) is 15.3 Å². The van der Waals surface area contributed by atoms with Gasteiger partial charge in [0.05, 0.1) is 0 Å². The number of aromatic nitrogens is 1. The second kappa shape index (κ2) is 3.88. The van der Waals surface area contributed by atoms with Gasteiger partial charge >= 0.3 is 0 Å². The summed E-state index contributed by atoms with van der Waals surface area (Å²) in [6, 6.07) is 1.33. The van der Waals surface area contributed by atoms with Crippen LogP contribution < -0.4 is 0 Å². The van der Waals surface area contributed by atoms with E-state index in [1.165, 1.54) is 6.07 Å². The van der Waals surface area contributed by atoms with Gasteiger partial charge in [-0.3, -0.25) is 9.78 Å². The molecule has 0 spiro atoms. The Kier molecular flexibility index (Phi) is 3.07. The summed E-state index contributed by atoms with van der Waals surface area (Å²) in [5, 5.41) is 0. The second-order valence-electron chi connectivity index (χ2n) is 2.05. The van der Waals surface area contributed by atoms with Crippen LogP contribution in [0.25, 0.3) is 0 Å². The molecule has 64 valence electrons. The van der Waals surface area contributed by atoms with Crippen molar-refractivity contribution < 1.29 is 13.6 Å². The number of halogens is 3. The fourth-order valence-corrected chi connectivity index (χ4v) is 1.37. The lowest BCUT2D eigenvalue weighted by molar-refractivity contribution is 0.111. The Balaban J connectivity index is 3.11. The van der Waals surface area contributed by atoms with Crippen LogP contribution in [0.4, 0.5) is 8.78 Å². The number of alkyl halides is 2. The van der Waals surface area contributed by atoms with E-state index in [0.717, 1.165) is 6.20 Å². The molecule has 0 aliphatic carbocycles. The highest BCUT2D eigenvalue weighted by Gasteiger charge is 2.11. The number of carbonyl (C=O) groups is 1. The molecule has 1 aromatic heterocycles. The monoisotopic (exact) mass is 283 g/mol. The summed E-state index contributed by atoms with van der Waals surface area (Å²) in [6.07, 6.45) is -0.988. The first-order valence-corrected chi connectivity index (χ1v) is 4.12. The number of hydrogen-bond donors (Lipinski definition) is 0. The standard InChI is InChI=1S/C7H4F2INO/c8-7(9)5-2-11-4(3-12)1-6(5)10/h1-3,7H. The van der Waals surface area contributed by atoms with Crippen LogP contribution in [0.5, 0.6) is 0 Å². The molecule has 0 aromatic carbocycles. The fraction of sp³-hybridized carbons (Fsp3) is 0.143. The predicted molar refractivity (Wildman–Crippen MR) is 47.3 cm³/mol. The molecule has 2 nitrogen and oxygen atoms in total. The summed E-state index contributed by atoms with van der Waals surface area (Å²) in [6.45, 7) is 0. The molecule has 0 atom stereocenters. The molecule has 0 amide bonds. The maximum atomic E-state index is 12.1. The van der Waals surface area contributed by atoms with Crippen molar-refractivity contribution in [2.24, 2.45) is 0 Å². The lowest BCUT2D eigenvalue weighted by Gasteiger charge is -2.01. The molecule has 5 heteroatoms. The average Bonchev–Trinajstić information content (AvgIpc) is 2.03. The van der Waals surface area contributed by atoms with E-state index in [2.05, 4.69) is 4.98 Å². The number of pyridine rings is 1. The van der Waals surface area contributed by atoms with Gasteiger partial charge in [0.25, 0.3) is 6.43 Å². The number of nitrogens with zero attached hydrogens (tertiary/aromatic N) is 1. The van der Waals surface area contributed by atoms with Crippen LogP contribution in [-0.4, -0.2) is 11.3 Å². The minimum absolute atomic E-state index is 0.138. The van der Waals surface area contributed by atoms with Crippen LogP contribution in [0.2, 0.25) is 0 Å². The first-order valence-electron chi connectivity index (χ1n) is 3.04. The number of hydrogen-bond acceptors (Lipinski definition) is 2. The van der Waals surface area contributed by atoms with E-state index >= 15 is 0 Å². The summed E-state index contributed by atoms with van der Waals surface area (Å²) in [7, 11) is 0. The minimum Gasteiger partial charge on any atom is -0.296 e. The molecule has 0 unspecified atom stereocenters. The summed E-state index contributed by atoms with van der Waals surface area (Å²) < 4.78 is 24.6. The maximum absolute atomic E-state index is 12.1. The third-order valence-corrected chi connectivity index (χ3v) is 2.19. The van der Waals surface area contributed by atoms with Gasteiger partial charge in [-0.1, -0.05) is 0 Å². The van der Waals surface area contributed by atoms with Crippen molar-refractivity contribution >= 4 is 28.9 Å². The van der Waals surface area contributed by atoms with Gasteiger partial charge in [-0.05, 0) is 28.7 Å². The molecule has 0 fully saturated rings. The van der Waals surface area contributed by atoms with Crippen molar-refractivity contribution in [2.75, 3.05) is 0 Å². The third kappa shape index (κ3) is 1.96. The SMILES string of the molecule is O=Cc1cc(I)c(C(F)F)cn1. The first kappa shape index (κ1) is 9.50. The molecule has 12 heavy (non-hydrogen) atoms. The van der Waals surface area contributed by atoms with Crippen LogP contribution in [0.3, 0.4) is 0 Å². The maximum Gasteiger partial charge on any atom is 0.266 e. The highest BCUT2D eigenvalue weighted by Crippen LogP contribution is 2.23. The summed E-state index contributed by atoms with van der Waals surface area (Å²) in [5.74, 6) is 0. The number of rotatable bonds is 2. The van der Waals surface area contributed by atoms with Gasteiger partial charge in [-0.25, -0.2) is 8.78 Å². The Morgan fingerprint density at radius 3 is 2.67 bits per heavy atom. The number of carbonyl (C=O) groups excluding carboxylic acids is 1. The van der Waals surface area contributed by atoms with Gasteiger partial charge in [-0.15, -0.1) is 0 Å². The zero-order valence-corrected chi connectivity index (χ0v) is 7.96. The van der Waals surface area contributed by atoms with Crippen molar-refractivity contribution in [3.8, 4) is 0 Å². The Bertz CT molecular complexity index is 303. The molecule has 1 heterocycles. The quantitative estimate of drug-likeness (QED) is 0.616. The fourth-order valence-electron chi connectivity index (χ4n) is 0.681. The van der Waals surface area contributed by atoms with E-state index in [4.69, 9.17) is 0 Å². The van der Waals surface area contributed by atoms with Gasteiger partial charge in [0.1, 0.15) is 5.69 Å². The molecule has 0 bridgehead atoms.